The molecule has 1 fully saturated rings. The van der Waals surface area contributed by atoms with Gasteiger partial charge in [-0.2, -0.15) is 0 Å². The van der Waals surface area contributed by atoms with E-state index in [1.54, 1.807) is 0 Å². The Bertz CT molecular complexity index is 907. The Balaban J connectivity index is 1.79. The Morgan fingerprint density at radius 1 is 0.793 bits per heavy atom. The van der Waals surface area contributed by atoms with Gasteiger partial charge in [0, 0.05) is 36.4 Å². The summed E-state index contributed by atoms with van der Waals surface area (Å²) in [5, 5.41) is 0. The molecule has 1 heterocycles. The summed E-state index contributed by atoms with van der Waals surface area (Å²) >= 11 is 0. The van der Waals surface area contributed by atoms with Crippen molar-refractivity contribution in [2.24, 2.45) is 5.92 Å². The van der Waals surface area contributed by atoms with E-state index in [4.69, 9.17) is 0 Å². The van der Waals surface area contributed by atoms with Gasteiger partial charge in [0.25, 0.3) is 0 Å². The molecule has 2 nitrogen and oxygen atoms in total. The number of likely N-dealkylation sites (tertiary alicyclic amines) is 1. The minimum Gasteiger partial charge on any atom is -0.302 e. The first-order chi connectivity index (χ1) is 14.3. The second-order valence-corrected chi connectivity index (χ2v) is 8.05. The highest BCUT2D eigenvalue weighted by atomic mass is 16.1. The number of benzene rings is 3. The lowest BCUT2D eigenvalue weighted by molar-refractivity contribution is 0.0740. The molecule has 0 unspecified atom stereocenters. The maximum absolute atomic E-state index is 13.7. The molecule has 0 N–H and O–H groups in total. The molecule has 0 aromatic heterocycles. The molecule has 1 aliphatic heterocycles. The van der Waals surface area contributed by atoms with Crippen LogP contribution in [0.5, 0.6) is 0 Å². The highest BCUT2D eigenvalue weighted by molar-refractivity contribution is 5.98. The van der Waals surface area contributed by atoms with Gasteiger partial charge in [0.2, 0.25) is 0 Å². The van der Waals surface area contributed by atoms with Gasteiger partial charge in [-0.3, -0.25) is 4.79 Å². The highest BCUT2D eigenvalue weighted by Gasteiger charge is 2.41. The zero-order chi connectivity index (χ0) is 20.1. The summed E-state index contributed by atoms with van der Waals surface area (Å²) in [6.07, 6.45) is 1.10. The van der Waals surface area contributed by atoms with Crippen molar-refractivity contribution in [3.8, 4) is 0 Å². The van der Waals surface area contributed by atoms with Gasteiger partial charge in [0.15, 0.2) is 5.78 Å². The smallest absolute Gasteiger partial charge is 0.167 e. The second-order valence-electron chi connectivity index (χ2n) is 8.05. The van der Waals surface area contributed by atoms with E-state index in [0.29, 0.717) is 5.92 Å². The van der Waals surface area contributed by atoms with Gasteiger partial charge < -0.3 is 4.90 Å². The molecule has 29 heavy (non-hydrogen) atoms. The van der Waals surface area contributed by atoms with Crippen LogP contribution in [-0.4, -0.2) is 30.3 Å². The SMILES string of the molecule is CCCN1C[C@H](c2ccccc2)[C@H](c2ccccc2)[C@H](C(=O)c2ccccc2)C1. The van der Waals surface area contributed by atoms with Crippen LogP contribution in [0.4, 0.5) is 0 Å². The number of nitrogens with zero attached hydrogens (tertiary/aromatic N) is 1. The maximum Gasteiger partial charge on any atom is 0.167 e. The molecule has 3 atom stereocenters. The van der Waals surface area contributed by atoms with Gasteiger partial charge in [-0.05, 0) is 24.1 Å². The van der Waals surface area contributed by atoms with E-state index in [0.717, 1.165) is 31.6 Å². The number of piperidine rings is 1. The number of carbonyl (C=O) groups is 1. The van der Waals surface area contributed by atoms with Gasteiger partial charge in [-0.1, -0.05) is 97.9 Å². The van der Waals surface area contributed by atoms with Crippen LogP contribution in [0.25, 0.3) is 0 Å². The van der Waals surface area contributed by atoms with Crippen molar-refractivity contribution >= 4 is 5.78 Å². The summed E-state index contributed by atoms with van der Waals surface area (Å²) in [4.78, 5) is 16.2. The topological polar surface area (TPSA) is 20.3 Å². The van der Waals surface area contributed by atoms with Gasteiger partial charge in [0.05, 0.1) is 0 Å². The van der Waals surface area contributed by atoms with Gasteiger partial charge in [-0.15, -0.1) is 0 Å². The summed E-state index contributed by atoms with van der Waals surface area (Å²) in [6, 6.07) is 31.2. The van der Waals surface area contributed by atoms with E-state index < -0.39 is 0 Å². The van der Waals surface area contributed by atoms with Crippen LogP contribution in [0.1, 0.15) is 46.7 Å². The molecule has 3 aromatic carbocycles. The third-order valence-electron chi connectivity index (χ3n) is 6.12. The first kappa shape index (κ1) is 19.6. The summed E-state index contributed by atoms with van der Waals surface area (Å²) < 4.78 is 0. The molecule has 2 heteroatoms. The fraction of sp³-hybridized carbons (Fsp3) is 0.296. The standard InChI is InChI=1S/C27H29NO/c1-2-18-28-19-24(21-12-6-3-7-13-21)26(22-14-8-4-9-15-22)25(20-28)27(29)23-16-10-5-11-17-23/h3-17,24-26H,2,18-20H2,1H3/t24-,25-,26+/m1/s1. The summed E-state index contributed by atoms with van der Waals surface area (Å²) in [7, 11) is 0. The lowest BCUT2D eigenvalue weighted by Gasteiger charge is -2.44. The van der Waals surface area contributed by atoms with Crippen LogP contribution >= 0.6 is 0 Å². The molecule has 0 radical (unpaired) electrons. The number of carbonyl (C=O) groups excluding carboxylic acids is 1. The van der Waals surface area contributed by atoms with Crippen molar-refractivity contribution in [3.63, 3.8) is 0 Å². The quantitative estimate of drug-likeness (QED) is 0.503. The lowest BCUT2D eigenvalue weighted by atomic mass is 9.68. The molecular weight excluding hydrogens is 354 g/mol. The van der Waals surface area contributed by atoms with Crippen molar-refractivity contribution in [2.75, 3.05) is 19.6 Å². The van der Waals surface area contributed by atoms with Gasteiger partial charge in [0.1, 0.15) is 0 Å². The van der Waals surface area contributed by atoms with E-state index in [2.05, 4.69) is 72.5 Å². The van der Waals surface area contributed by atoms with Crippen LogP contribution in [-0.2, 0) is 0 Å². The van der Waals surface area contributed by atoms with Crippen molar-refractivity contribution < 1.29 is 4.79 Å². The monoisotopic (exact) mass is 383 g/mol. The third-order valence-corrected chi connectivity index (χ3v) is 6.12. The van der Waals surface area contributed by atoms with Crippen LogP contribution in [0.2, 0.25) is 0 Å². The molecular formula is C27H29NO. The molecule has 3 aromatic rings. The molecule has 0 bridgehead atoms. The lowest BCUT2D eigenvalue weighted by Crippen LogP contribution is -2.47. The first-order valence-corrected chi connectivity index (χ1v) is 10.7. The number of Topliss-reactive ketones (excluding diaryl/α,β-unsaturated/α-hetero) is 1. The van der Waals surface area contributed by atoms with E-state index in [1.165, 1.54) is 11.1 Å². The largest absolute Gasteiger partial charge is 0.302 e. The Kier molecular flexibility index (Phi) is 6.21. The molecule has 4 rings (SSSR count). The second kappa shape index (κ2) is 9.19. The molecule has 148 valence electrons. The average molecular weight is 384 g/mol. The summed E-state index contributed by atoms with van der Waals surface area (Å²) in [5.74, 6) is 0.697. The van der Waals surface area contributed by atoms with E-state index in [-0.39, 0.29) is 17.6 Å². The van der Waals surface area contributed by atoms with Gasteiger partial charge >= 0.3 is 0 Å². The summed E-state index contributed by atoms with van der Waals surface area (Å²) in [6.45, 7) is 5.07. The van der Waals surface area contributed by atoms with Crippen LogP contribution in [0.15, 0.2) is 91.0 Å². The van der Waals surface area contributed by atoms with E-state index in [1.807, 2.05) is 30.3 Å². The number of rotatable bonds is 6. The number of hydrogen-bond donors (Lipinski definition) is 0. The minimum absolute atomic E-state index is 0.0506. The van der Waals surface area contributed by atoms with Crippen molar-refractivity contribution in [2.45, 2.75) is 25.2 Å². The normalized spacial score (nSPS) is 22.3. The summed E-state index contributed by atoms with van der Waals surface area (Å²) in [5.41, 5.74) is 3.42. The molecule has 0 amide bonds. The van der Waals surface area contributed by atoms with Crippen molar-refractivity contribution in [1.29, 1.82) is 0 Å². The van der Waals surface area contributed by atoms with E-state index >= 15 is 0 Å². The Hall–Kier alpha value is -2.71. The fourth-order valence-corrected chi connectivity index (χ4v) is 4.85. The predicted molar refractivity (Wildman–Crippen MR) is 119 cm³/mol. The Morgan fingerprint density at radius 3 is 1.93 bits per heavy atom. The fourth-order valence-electron chi connectivity index (χ4n) is 4.85. The molecule has 0 saturated carbocycles. The van der Waals surface area contributed by atoms with Crippen LogP contribution in [0, 0.1) is 5.92 Å². The predicted octanol–water partition coefficient (Wildman–Crippen LogP) is 5.78. The highest BCUT2D eigenvalue weighted by Crippen LogP contribution is 2.44. The van der Waals surface area contributed by atoms with Gasteiger partial charge in [-0.25, -0.2) is 0 Å². The van der Waals surface area contributed by atoms with E-state index in [9.17, 15) is 4.79 Å². The maximum atomic E-state index is 13.7. The van der Waals surface area contributed by atoms with Crippen molar-refractivity contribution in [1.82, 2.24) is 4.90 Å². The van der Waals surface area contributed by atoms with Crippen molar-refractivity contribution in [3.05, 3.63) is 108 Å². The number of hydrogen-bond acceptors (Lipinski definition) is 2. The third kappa shape index (κ3) is 4.33. The van der Waals surface area contributed by atoms with Crippen LogP contribution < -0.4 is 0 Å². The molecule has 1 saturated heterocycles. The minimum atomic E-state index is -0.0506. The Labute approximate surface area is 174 Å². The molecule has 0 aliphatic carbocycles. The molecule has 0 spiro atoms. The number of ketones is 1. The first-order valence-electron chi connectivity index (χ1n) is 10.7. The zero-order valence-corrected chi connectivity index (χ0v) is 17.1. The Morgan fingerprint density at radius 2 is 1.34 bits per heavy atom. The average Bonchev–Trinajstić information content (AvgIpc) is 2.80. The zero-order valence-electron chi connectivity index (χ0n) is 17.1. The van der Waals surface area contributed by atoms with Crippen LogP contribution in [0.3, 0.4) is 0 Å². The molecule has 1 aliphatic rings.